The van der Waals surface area contributed by atoms with Crippen molar-refractivity contribution in [3.63, 3.8) is 0 Å². The molecule has 6 rings (SSSR count). The number of fused-ring (bicyclic) bond motifs is 9. The van der Waals surface area contributed by atoms with E-state index in [2.05, 4.69) is 0 Å². The van der Waals surface area contributed by atoms with Gasteiger partial charge in [0.15, 0.2) is 0 Å². The fourth-order valence-corrected chi connectivity index (χ4v) is 4.23. The molecule has 0 saturated heterocycles. The van der Waals surface area contributed by atoms with Gasteiger partial charge >= 0.3 is 12.4 Å². The lowest BCUT2D eigenvalue weighted by molar-refractivity contribution is -0.138. The molecule has 0 aliphatic heterocycles. The predicted octanol–water partition coefficient (Wildman–Crippen LogP) is 8.68. The molecule has 0 bridgehead atoms. The van der Waals surface area contributed by atoms with E-state index in [1.807, 2.05) is 0 Å². The van der Waals surface area contributed by atoms with Crippen LogP contribution in [0, 0.1) is 0 Å². The van der Waals surface area contributed by atoms with E-state index in [1.54, 1.807) is 24.3 Å². The molecule has 0 aliphatic carbocycles. The molecule has 4 aromatic carbocycles. The Hall–Kier alpha value is -3.68. The first-order valence-electron chi connectivity index (χ1n) is 9.50. The molecule has 0 spiro atoms. The van der Waals surface area contributed by atoms with Gasteiger partial charge in [0.1, 0.15) is 22.3 Å². The van der Waals surface area contributed by atoms with Crippen molar-refractivity contribution in [2.75, 3.05) is 0 Å². The number of hydrogen-bond acceptors (Lipinski definition) is 2. The van der Waals surface area contributed by atoms with Gasteiger partial charge in [-0.1, -0.05) is 0 Å². The second kappa shape index (κ2) is 5.97. The summed E-state index contributed by atoms with van der Waals surface area (Å²) in [6.07, 6.45) is -8.96. The van der Waals surface area contributed by atoms with Crippen LogP contribution < -0.4 is 0 Å². The molecule has 8 heteroatoms. The zero-order chi connectivity index (χ0) is 22.4. The average molecular weight is 444 g/mol. The Morgan fingerprint density at radius 1 is 0.438 bits per heavy atom. The third-order valence-electron chi connectivity index (χ3n) is 5.72. The highest BCUT2D eigenvalue weighted by atomic mass is 19.4. The minimum atomic E-state index is -4.48. The van der Waals surface area contributed by atoms with E-state index >= 15 is 0 Å². The zero-order valence-corrected chi connectivity index (χ0v) is 15.9. The van der Waals surface area contributed by atoms with Crippen LogP contribution in [0.4, 0.5) is 26.3 Å². The lowest BCUT2D eigenvalue weighted by atomic mass is 10.0. The predicted molar refractivity (Wildman–Crippen MR) is 109 cm³/mol. The lowest BCUT2D eigenvalue weighted by Gasteiger charge is -2.05. The summed E-state index contributed by atoms with van der Waals surface area (Å²) in [7, 11) is 0. The van der Waals surface area contributed by atoms with Crippen LogP contribution in [0.1, 0.15) is 11.1 Å². The maximum Gasteiger partial charge on any atom is 0.416 e. The maximum absolute atomic E-state index is 13.1. The van der Waals surface area contributed by atoms with Crippen LogP contribution in [0.3, 0.4) is 0 Å². The number of alkyl halides is 6. The van der Waals surface area contributed by atoms with Crippen molar-refractivity contribution in [1.29, 1.82) is 0 Å². The molecule has 0 radical (unpaired) electrons. The molecule has 0 atom stereocenters. The third-order valence-corrected chi connectivity index (χ3v) is 5.72. The van der Waals surface area contributed by atoms with Gasteiger partial charge in [-0.05, 0) is 60.7 Å². The number of hydrogen-bond donors (Lipinski definition) is 0. The third kappa shape index (κ3) is 2.62. The standard InChI is InChI=1S/C24H10F6O2/c25-23(26,27)11-1-7-19-17(9-11)15-5-3-14-13(21(15)31-19)4-6-16-18-10-12(24(28,29)30)2-8-20(18)32-22(14)16/h1-10H. The van der Waals surface area contributed by atoms with E-state index in [1.165, 1.54) is 12.1 Å². The first-order valence-corrected chi connectivity index (χ1v) is 9.50. The van der Waals surface area contributed by atoms with Crippen molar-refractivity contribution in [2.45, 2.75) is 12.4 Å². The Morgan fingerprint density at radius 3 is 1.12 bits per heavy atom. The molecule has 0 N–H and O–H groups in total. The molecule has 6 aromatic rings. The van der Waals surface area contributed by atoms with E-state index in [0.29, 0.717) is 54.6 Å². The average Bonchev–Trinajstić information content (AvgIpc) is 3.29. The first kappa shape index (κ1) is 19.0. The van der Waals surface area contributed by atoms with E-state index in [0.717, 1.165) is 24.3 Å². The van der Waals surface area contributed by atoms with Crippen molar-refractivity contribution < 1.29 is 35.2 Å². The van der Waals surface area contributed by atoms with Crippen LogP contribution in [0.25, 0.3) is 54.6 Å². The normalized spacial score (nSPS) is 13.3. The SMILES string of the molecule is FC(F)(F)c1ccc2oc3c(ccc4c3ccc3c5cc(C(F)(F)F)ccc5oc34)c2c1. The zero-order valence-electron chi connectivity index (χ0n) is 15.9. The van der Waals surface area contributed by atoms with Gasteiger partial charge in [-0.2, -0.15) is 26.3 Å². The molecule has 2 aromatic heterocycles. The molecule has 0 fully saturated rings. The lowest BCUT2D eigenvalue weighted by Crippen LogP contribution is -2.03. The molecule has 0 amide bonds. The highest BCUT2D eigenvalue weighted by Crippen LogP contribution is 2.42. The maximum atomic E-state index is 13.1. The van der Waals surface area contributed by atoms with Gasteiger partial charge in [-0.3, -0.25) is 0 Å². The van der Waals surface area contributed by atoms with Crippen molar-refractivity contribution in [1.82, 2.24) is 0 Å². The highest BCUT2D eigenvalue weighted by molar-refractivity contribution is 6.22. The van der Waals surface area contributed by atoms with E-state index in [4.69, 9.17) is 8.83 Å². The highest BCUT2D eigenvalue weighted by Gasteiger charge is 2.32. The van der Waals surface area contributed by atoms with Crippen LogP contribution in [-0.2, 0) is 12.4 Å². The van der Waals surface area contributed by atoms with Gasteiger partial charge in [0.25, 0.3) is 0 Å². The van der Waals surface area contributed by atoms with Crippen molar-refractivity contribution >= 4 is 54.6 Å². The van der Waals surface area contributed by atoms with Gasteiger partial charge in [0.2, 0.25) is 0 Å². The number of furan rings is 2. The van der Waals surface area contributed by atoms with Crippen LogP contribution in [0.2, 0.25) is 0 Å². The fourth-order valence-electron chi connectivity index (χ4n) is 4.23. The Morgan fingerprint density at radius 2 is 0.781 bits per heavy atom. The minimum absolute atomic E-state index is 0.306. The summed E-state index contributed by atoms with van der Waals surface area (Å²) in [5, 5.41) is 2.86. The van der Waals surface area contributed by atoms with Crippen molar-refractivity contribution in [3.05, 3.63) is 71.8 Å². The number of benzene rings is 4. The Bertz CT molecular complexity index is 1570. The minimum Gasteiger partial charge on any atom is -0.455 e. The summed E-state index contributed by atoms with van der Waals surface area (Å²) < 4.78 is 90.6. The van der Waals surface area contributed by atoms with Crippen LogP contribution in [0.15, 0.2) is 69.5 Å². The fraction of sp³-hybridized carbons (Fsp3) is 0.0833. The number of halogens is 6. The summed E-state index contributed by atoms with van der Waals surface area (Å²) in [6, 6.07) is 13.2. The molecule has 32 heavy (non-hydrogen) atoms. The topological polar surface area (TPSA) is 26.3 Å². The second-order valence-corrected chi connectivity index (χ2v) is 7.60. The molecule has 2 nitrogen and oxygen atoms in total. The molecule has 0 saturated carbocycles. The smallest absolute Gasteiger partial charge is 0.416 e. The monoisotopic (exact) mass is 444 g/mol. The second-order valence-electron chi connectivity index (χ2n) is 7.60. The summed E-state index contributed by atoms with van der Waals surface area (Å²) in [5.41, 5.74) is -0.174. The molecular formula is C24H10F6O2. The van der Waals surface area contributed by atoms with Crippen molar-refractivity contribution in [2.24, 2.45) is 0 Å². The molecule has 0 unspecified atom stereocenters. The van der Waals surface area contributed by atoms with Gasteiger partial charge in [0, 0.05) is 32.3 Å². The van der Waals surface area contributed by atoms with Crippen molar-refractivity contribution in [3.8, 4) is 0 Å². The van der Waals surface area contributed by atoms with Gasteiger partial charge in [0.05, 0.1) is 11.1 Å². The number of rotatable bonds is 0. The Kier molecular flexibility index (Phi) is 3.55. The van der Waals surface area contributed by atoms with E-state index in [9.17, 15) is 26.3 Å². The van der Waals surface area contributed by atoms with Gasteiger partial charge < -0.3 is 8.83 Å². The van der Waals surface area contributed by atoms with E-state index in [-0.39, 0.29) is 0 Å². The van der Waals surface area contributed by atoms with E-state index < -0.39 is 23.5 Å². The summed E-state index contributed by atoms with van der Waals surface area (Å²) in [5.74, 6) is 0. The first-order chi connectivity index (χ1) is 15.1. The quantitative estimate of drug-likeness (QED) is 0.219. The largest absolute Gasteiger partial charge is 0.455 e. The van der Waals surface area contributed by atoms with Gasteiger partial charge in [-0.15, -0.1) is 0 Å². The molecular weight excluding hydrogens is 434 g/mol. The summed E-state index contributed by atoms with van der Waals surface area (Å²) in [4.78, 5) is 0. The van der Waals surface area contributed by atoms with Crippen LogP contribution in [0.5, 0.6) is 0 Å². The molecule has 160 valence electrons. The molecule has 2 heterocycles. The Balaban J connectivity index is 1.66. The van der Waals surface area contributed by atoms with Crippen LogP contribution in [-0.4, -0.2) is 0 Å². The van der Waals surface area contributed by atoms with Crippen LogP contribution >= 0.6 is 0 Å². The summed E-state index contributed by atoms with van der Waals surface area (Å²) >= 11 is 0. The summed E-state index contributed by atoms with van der Waals surface area (Å²) in [6.45, 7) is 0. The van der Waals surface area contributed by atoms with Gasteiger partial charge in [-0.25, -0.2) is 0 Å². The Labute approximate surface area is 174 Å². The molecule has 0 aliphatic rings.